The second kappa shape index (κ2) is 5.51. The summed E-state index contributed by atoms with van der Waals surface area (Å²) in [7, 11) is 1.82. The van der Waals surface area contributed by atoms with Gasteiger partial charge in [-0.1, -0.05) is 12.1 Å². The topological polar surface area (TPSA) is 78.0 Å². The Morgan fingerprint density at radius 1 is 1.38 bits per heavy atom. The lowest BCUT2D eigenvalue weighted by Gasteiger charge is -2.09. The van der Waals surface area contributed by atoms with Crippen molar-refractivity contribution in [2.24, 2.45) is 0 Å². The summed E-state index contributed by atoms with van der Waals surface area (Å²) in [5, 5.41) is 15.2. The average molecular weight is 278 g/mol. The minimum Gasteiger partial charge on any atom is -0.372 e. The summed E-state index contributed by atoms with van der Waals surface area (Å²) >= 11 is 0. The first-order chi connectivity index (χ1) is 10.3. The number of nitrogens with one attached hydrogen (secondary N) is 2. The summed E-state index contributed by atoms with van der Waals surface area (Å²) < 4.78 is 1.91. The Morgan fingerprint density at radius 2 is 2.29 bits per heavy atom. The number of rotatable bonds is 4. The van der Waals surface area contributed by atoms with Gasteiger partial charge in [0.15, 0.2) is 11.5 Å². The number of nitrogens with zero attached hydrogens (tertiary/aromatic N) is 4. The van der Waals surface area contributed by atoms with Crippen LogP contribution >= 0.6 is 0 Å². The summed E-state index contributed by atoms with van der Waals surface area (Å²) in [4.78, 5) is 8.78. The van der Waals surface area contributed by atoms with Crippen molar-refractivity contribution in [1.29, 1.82) is 5.26 Å². The van der Waals surface area contributed by atoms with Gasteiger partial charge < -0.3 is 15.0 Å². The van der Waals surface area contributed by atoms with Gasteiger partial charge in [0.2, 0.25) is 0 Å². The number of hydrogen-bond acceptors (Lipinski definition) is 5. The second-order valence-electron chi connectivity index (χ2n) is 4.55. The highest BCUT2D eigenvalue weighted by atomic mass is 15.1. The maximum atomic E-state index is 8.92. The molecule has 0 atom stereocenters. The van der Waals surface area contributed by atoms with Crippen molar-refractivity contribution in [2.45, 2.75) is 6.54 Å². The molecule has 0 bridgehead atoms. The monoisotopic (exact) mass is 278 g/mol. The van der Waals surface area contributed by atoms with E-state index in [0.29, 0.717) is 17.9 Å². The van der Waals surface area contributed by atoms with Crippen molar-refractivity contribution < 1.29 is 0 Å². The van der Waals surface area contributed by atoms with Gasteiger partial charge in [0.25, 0.3) is 0 Å². The van der Waals surface area contributed by atoms with E-state index < -0.39 is 0 Å². The van der Waals surface area contributed by atoms with E-state index in [1.165, 1.54) is 0 Å². The highest BCUT2D eigenvalue weighted by Gasteiger charge is 2.06. The van der Waals surface area contributed by atoms with E-state index in [2.05, 4.69) is 26.7 Å². The van der Waals surface area contributed by atoms with Crippen LogP contribution in [-0.2, 0) is 6.54 Å². The molecule has 0 amide bonds. The third-order valence-corrected chi connectivity index (χ3v) is 3.15. The standard InChI is InChI=1S/C15H14N6/c1-17-13-10-21-6-5-18-15(21)14(20-13)19-9-12-4-2-3-11(7-12)8-16/h2-7,10,17H,9H2,1H3,(H,19,20). The van der Waals surface area contributed by atoms with Crippen LogP contribution in [0.1, 0.15) is 11.1 Å². The molecule has 1 aromatic carbocycles. The number of nitriles is 1. The van der Waals surface area contributed by atoms with Gasteiger partial charge in [-0.3, -0.25) is 0 Å². The molecular weight excluding hydrogens is 264 g/mol. The van der Waals surface area contributed by atoms with Crippen molar-refractivity contribution in [3.63, 3.8) is 0 Å². The Balaban J connectivity index is 1.87. The van der Waals surface area contributed by atoms with Gasteiger partial charge in [-0.05, 0) is 17.7 Å². The van der Waals surface area contributed by atoms with Gasteiger partial charge >= 0.3 is 0 Å². The summed E-state index contributed by atoms with van der Waals surface area (Å²) in [6, 6.07) is 9.63. The zero-order chi connectivity index (χ0) is 14.7. The molecule has 6 nitrogen and oxygen atoms in total. The van der Waals surface area contributed by atoms with Crippen LogP contribution in [-0.4, -0.2) is 21.4 Å². The van der Waals surface area contributed by atoms with Gasteiger partial charge in [0.05, 0.1) is 17.8 Å². The average Bonchev–Trinajstić information content (AvgIpc) is 3.01. The van der Waals surface area contributed by atoms with Crippen LogP contribution in [0.4, 0.5) is 11.6 Å². The molecule has 0 spiro atoms. The molecule has 0 unspecified atom stereocenters. The number of hydrogen-bond donors (Lipinski definition) is 2. The fourth-order valence-electron chi connectivity index (χ4n) is 2.11. The van der Waals surface area contributed by atoms with Crippen LogP contribution in [0.3, 0.4) is 0 Å². The zero-order valence-corrected chi connectivity index (χ0v) is 11.5. The van der Waals surface area contributed by atoms with E-state index in [9.17, 15) is 0 Å². The molecule has 0 aliphatic heterocycles. The number of imidazole rings is 1. The fraction of sp³-hybridized carbons (Fsp3) is 0.133. The molecule has 0 radical (unpaired) electrons. The van der Waals surface area contributed by atoms with Crippen LogP contribution < -0.4 is 10.6 Å². The Bertz CT molecular complexity index is 814. The van der Waals surface area contributed by atoms with E-state index in [-0.39, 0.29) is 0 Å². The Hall–Kier alpha value is -3.07. The van der Waals surface area contributed by atoms with Crippen molar-refractivity contribution >= 4 is 17.3 Å². The van der Waals surface area contributed by atoms with E-state index in [1.807, 2.05) is 42.0 Å². The molecule has 6 heteroatoms. The molecule has 2 N–H and O–H groups in total. The number of aromatic nitrogens is 3. The van der Waals surface area contributed by atoms with Crippen LogP contribution in [0.5, 0.6) is 0 Å². The molecular formula is C15H14N6. The Kier molecular flexibility index (Phi) is 3.39. The number of anilines is 2. The summed E-state index contributed by atoms with van der Waals surface area (Å²) in [5.74, 6) is 1.46. The van der Waals surface area contributed by atoms with Gasteiger partial charge in [0.1, 0.15) is 5.82 Å². The molecule has 0 saturated carbocycles. The highest BCUT2D eigenvalue weighted by Crippen LogP contribution is 2.17. The molecule has 0 saturated heterocycles. The lowest BCUT2D eigenvalue weighted by Crippen LogP contribution is -2.06. The van der Waals surface area contributed by atoms with E-state index in [1.54, 1.807) is 12.3 Å². The third-order valence-electron chi connectivity index (χ3n) is 3.15. The number of fused-ring (bicyclic) bond motifs is 1. The van der Waals surface area contributed by atoms with Crippen molar-refractivity contribution in [3.05, 3.63) is 54.0 Å². The minimum atomic E-state index is 0.582. The maximum Gasteiger partial charge on any atom is 0.180 e. The Morgan fingerprint density at radius 3 is 3.10 bits per heavy atom. The predicted octanol–water partition coefficient (Wildman–Crippen LogP) is 2.25. The van der Waals surface area contributed by atoms with Crippen LogP contribution in [0.2, 0.25) is 0 Å². The molecule has 0 aliphatic rings. The first-order valence-corrected chi connectivity index (χ1v) is 6.54. The van der Waals surface area contributed by atoms with Gasteiger partial charge in [-0.15, -0.1) is 0 Å². The predicted molar refractivity (Wildman–Crippen MR) is 81.0 cm³/mol. The quantitative estimate of drug-likeness (QED) is 0.765. The van der Waals surface area contributed by atoms with Crippen molar-refractivity contribution in [1.82, 2.24) is 14.4 Å². The van der Waals surface area contributed by atoms with Crippen molar-refractivity contribution in [2.75, 3.05) is 17.7 Å². The highest BCUT2D eigenvalue weighted by molar-refractivity contribution is 5.65. The normalized spacial score (nSPS) is 10.3. The molecule has 0 aliphatic carbocycles. The van der Waals surface area contributed by atoms with E-state index in [0.717, 1.165) is 17.0 Å². The van der Waals surface area contributed by atoms with E-state index >= 15 is 0 Å². The molecule has 104 valence electrons. The lowest BCUT2D eigenvalue weighted by molar-refractivity contribution is 1.07. The fourth-order valence-corrected chi connectivity index (χ4v) is 2.11. The Labute approximate surface area is 122 Å². The largest absolute Gasteiger partial charge is 0.372 e. The first kappa shape index (κ1) is 12.9. The molecule has 2 heterocycles. The third kappa shape index (κ3) is 2.62. The summed E-state index contributed by atoms with van der Waals surface area (Å²) in [6.07, 6.45) is 5.49. The van der Waals surface area contributed by atoms with Crippen LogP contribution in [0.25, 0.3) is 5.65 Å². The van der Waals surface area contributed by atoms with Gasteiger partial charge in [0, 0.05) is 26.0 Å². The molecule has 0 fully saturated rings. The second-order valence-corrected chi connectivity index (χ2v) is 4.55. The van der Waals surface area contributed by atoms with Crippen molar-refractivity contribution in [3.8, 4) is 6.07 Å². The SMILES string of the molecule is CNc1cn2ccnc2c(NCc2cccc(C#N)c2)n1. The molecule has 3 rings (SSSR count). The van der Waals surface area contributed by atoms with Gasteiger partial charge in [-0.2, -0.15) is 5.26 Å². The summed E-state index contributed by atoms with van der Waals surface area (Å²) in [5.41, 5.74) is 2.44. The van der Waals surface area contributed by atoms with Gasteiger partial charge in [-0.25, -0.2) is 9.97 Å². The molecule has 3 aromatic rings. The maximum absolute atomic E-state index is 8.92. The summed E-state index contributed by atoms with van der Waals surface area (Å²) in [6.45, 7) is 0.582. The first-order valence-electron chi connectivity index (χ1n) is 6.54. The molecule has 21 heavy (non-hydrogen) atoms. The number of benzene rings is 1. The smallest absolute Gasteiger partial charge is 0.180 e. The lowest BCUT2D eigenvalue weighted by atomic mass is 10.1. The van der Waals surface area contributed by atoms with E-state index in [4.69, 9.17) is 5.26 Å². The molecule has 2 aromatic heterocycles. The van der Waals surface area contributed by atoms with Crippen LogP contribution in [0, 0.1) is 11.3 Å². The zero-order valence-electron chi connectivity index (χ0n) is 11.5. The van der Waals surface area contributed by atoms with Crippen LogP contribution in [0.15, 0.2) is 42.9 Å². The minimum absolute atomic E-state index is 0.582.